The summed E-state index contributed by atoms with van der Waals surface area (Å²) in [5.41, 5.74) is -0.601. The van der Waals surface area contributed by atoms with Gasteiger partial charge in [0.25, 0.3) is 0 Å². The van der Waals surface area contributed by atoms with Crippen LogP contribution >= 0.6 is 0 Å². The van der Waals surface area contributed by atoms with E-state index in [9.17, 15) is 15.0 Å². The summed E-state index contributed by atoms with van der Waals surface area (Å²) in [5.74, 6) is -0.431. The Labute approximate surface area is 129 Å². The minimum absolute atomic E-state index is 0.0317. The third kappa shape index (κ3) is 3.93. The lowest BCUT2D eigenvalue weighted by atomic mass is 10.1. The average Bonchev–Trinajstić information content (AvgIpc) is 2.48. The van der Waals surface area contributed by atoms with Gasteiger partial charge in [-0.1, -0.05) is 39.0 Å². The van der Waals surface area contributed by atoms with E-state index in [-0.39, 0.29) is 22.8 Å². The number of benzene rings is 1. The van der Waals surface area contributed by atoms with Crippen LogP contribution in [0.15, 0.2) is 27.4 Å². The minimum atomic E-state index is -0.735. The van der Waals surface area contributed by atoms with Gasteiger partial charge >= 0.3 is 5.63 Å². The molecule has 2 N–H and O–H groups in total. The molecule has 0 aliphatic carbocycles. The van der Waals surface area contributed by atoms with Crippen LogP contribution in [0.1, 0.15) is 45.4 Å². The van der Waals surface area contributed by atoms with Crippen molar-refractivity contribution in [3.63, 3.8) is 0 Å². The van der Waals surface area contributed by atoms with Crippen molar-refractivity contribution in [2.45, 2.75) is 45.4 Å². The Morgan fingerprint density at radius 1 is 1.09 bits per heavy atom. The van der Waals surface area contributed by atoms with E-state index in [2.05, 4.69) is 6.92 Å². The van der Waals surface area contributed by atoms with Gasteiger partial charge in [0.2, 0.25) is 5.75 Å². The normalized spacial score (nSPS) is 11.0. The second kappa shape index (κ2) is 7.73. The van der Waals surface area contributed by atoms with Crippen molar-refractivity contribution in [3.8, 4) is 17.2 Å². The highest BCUT2D eigenvalue weighted by Crippen LogP contribution is 2.32. The van der Waals surface area contributed by atoms with Gasteiger partial charge in [-0.2, -0.15) is 0 Å². The molecular weight excluding hydrogens is 284 g/mol. The topological polar surface area (TPSA) is 79.9 Å². The number of ether oxygens (including phenoxy) is 1. The highest BCUT2D eigenvalue weighted by atomic mass is 16.5. The molecule has 22 heavy (non-hydrogen) atoms. The lowest BCUT2D eigenvalue weighted by Gasteiger charge is -2.08. The van der Waals surface area contributed by atoms with E-state index in [0.717, 1.165) is 19.3 Å². The Bertz CT molecular complexity index is 675. The molecule has 1 aromatic heterocycles. The summed E-state index contributed by atoms with van der Waals surface area (Å²) in [7, 11) is 0. The molecule has 2 aromatic rings. The number of fused-ring (bicyclic) bond motifs is 1. The number of hydrogen-bond donors (Lipinski definition) is 2. The number of aromatic hydroxyl groups is 2. The van der Waals surface area contributed by atoms with E-state index in [1.165, 1.54) is 37.5 Å². The van der Waals surface area contributed by atoms with Gasteiger partial charge in [0.1, 0.15) is 11.3 Å². The maximum Gasteiger partial charge on any atom is 0.383 e. The van der Waals surface area contributed by atoms with E-state index >= 15 is 0 Å². The molecule has 0 amide bonds. The molecule has 1 aromatic carbocycles. The maximum atomic E-state index is 11.8. The van der Waals surface area contributed by atoms with Gasteiger partial charge in [0.15, 0.2) is 5.75 Å². The van der Waals surface area contributed by atoms with Gasteiger partial charge in [0, 0.05) is 6.07 Å². The molecule has 5 nitrogen and oxygen atoms in total. The Morgan fingerprint density at radius 3 is 2.59 bits per heavy atom. The van der Waals surface area contributed by atoms with Crippen molar-refractivity contribution < 1.29 is 19.4 Å². The van der Waals surface area contributed by atoms with Crippen molar-refractivity contribution >= 4 is 11.0 Å². The van der Waals surface area contributed by atoms with Crippen LogP contribution < -0.4 is 10.4 Å². The zero-order chi connectivity index (χ0) is 15.9. The van der Waals surface area contributed by atoms with Crippen LogP contribution in [0, 0.1) is 0 Å². The van der Waals surface area contributed by atoms with Crippen LogP contribution in [0.5, 0.6) is 17.2 Å². The van der Waals surface area contributed by atoms with Crippen LogP contribution in [0.2, 0.25) is 0 Å². The predicted molar refractivity (Wildman–Crippen MR) is 84.7 cm³/mol. The van der Waals surface area contributed by atoms with E-state index in [1.54, 1.807) is 0 Å². The van der Waals surface area contributed by atoms with Crippen molar-refractivity contribution in [2.24, 2.45) is 0 Å². The molecule has 0 fully saturated rings. The molecule has 1 heterocycles. The predicted octanol–water partition coefficient (Wildman–Crippen LogP) is 3.94. The molecule has 0 unspecified atom stereocenters. The molecule has 2 rings (SSSR count). The zero-order valence-electron chi connectivity index (χ0n) is 12.8. The average molecular weight is 306 g/mol. The molecule has 0 saturated carbocycles. The molecule has 0 aliphatic rings. The summed E-state index contributed by atoms with van der Waals surface area (Å²) in [5, 5.41) is 19.8. The smallest absolute Gasteiger partial charge is 0.383 e. The van der Waals surface area contributed by atoms with Crippen LogP contribution in [-0.2, 0) is 0 Å². The lowest BCUT2D eigenvalue weighted by molar-refractivity contribution is 0.275. The third-order valence-electron chi connectivity index (χ3n) is 3.57. The Kier molecular flexibility index (Phi) is 5.69. The molecule has 0 saturated heterocycles. The zero-order valence-corrected chi connectivity index (χ0v) is 12.8. The van der Waals surface area contributed by atoms with Gasteiger partial charge in [0.05, 0.1) is 12.0 Å². The summed E-state index contributed by atoms with van der Waals surface area (Å²) < 4.78 is 10.5. The first-order valence-corrected chi connectivity index (χ1v) is 7.75. The summed E-state index contributed by atoms with van der Waals surface area (Å²) in [6, 6.07) is 4.19. The second-order valence-corrected chi connectivity index (χ2v) is 5.36. The quantitative estimate of drug-likeness (QED) is 0.570. The number of phenols is 1. The number of unbranched alkanes of at least 4 members (excludes halogenated alkanes) is 5. The fourth-order valence-corrected chi connectivity index (χ4v) is 2.34. The van der Waals surface area contributed by atoms with E-state index < -0.39 is 5.63 Å². The van der Waals surface area contributed by atoms with Gasteiger partial charge in [-0.05, 0) is 18.6 Å². The van der Waals surface area contributed by atoms with Crippen LogP contribution in [-0.4, -0.2) is 16.8 Å². The standard InChI is InChI=1S/C17H22O5/c1-2-3-4-5-6-7-10-21-16-15(19)13-9-8-12(18)11-14(13)22-17(16)20/h8-9,11,18-19H,2-7,10H2,1H3. The lowest BCUT2D eigenvalue weighted by Crippen LogP contribution is -2.08. The third-order valence-corrected chi connectivity index (χ3v) is 3.57. The monoisotopic (exact) mass is 306 g/mol. The molecule has 0 radical (unpaired) electrons. The van der Waals surface area contributed by atoms with E-state index in [1.807, 2.05) is 0 Å². The fourth-order valence-electron chi connectivity index (χ4n) is 2.34. The summed E-state index contributed by atoms with van der Waals surface area (Å²) in [6.07, 6.45) is 6.67. The van der Waals surface area contributed by atoms with Gasteiger partial charge in [-0.3, -0.25) is 0 Å². The van der Waals surface area contributed by atoms with Gasteiger partial charge < -0.3 is 19.4 Å². The maximum absolute atomic E-state index is 11.8. The first-order chi connectivity index (χ1) is 10.6. The van der Waals surface area contributed by atoms with Crippen molar-refractivity contribution in [3.05, 3.63) is 28.6 Å². The van der Waals surface area contributed by atoms with Crippen molar-refractivity contribution in [2.75, 3.05) is 6.61 Å². The van der Waals surface area contributed by atoms with Gasteiger partial charge in [-0.25, -0.2) is 4.79 Å². The SMILES string of the molecule is CCCCCCCCOc1c(O)c2ccc(O)cc2oc1=O. The molecule has 0 spiro atoms. The molecule has 5 heteroatoms. The Balaban J connectivity index is 1.99. The fraction of sp³-hybridized carbons (Fsp3) is 0.471. The van der Waals surface area contributed by atoms with Gasteiger partial charge in [-0.15, -0.1) is 0 Å². The molecule has 120 valence electrons. The second-order valence-electron chi connectivity index (χ2n) is 5.36. The summed E-state index contributed by atoms with van der Waals surface area (Å²) in [4.78, 5) is 11.8. The Hall–Kier alpha value is -2.17. The minimum Gasteiger partial charge on any atom is -0.508 e. The largest absolute Gasteiger partial charge is 0.508 e. The van der Waals surface area contributed by atoms with E-state index in [4.69, 9.17) is 9.15 Å². The molecule has 0 bridgehead atoms. The highest BCUT2D eigenvalue weighted by molar-refractivity contribution is 5.86. The number of rotatable bonds is 8. The molecule has 0 aliphatic heterocycles. The van der Waals surface area contributed by atoms with Crippen LogP contribution in [0.25, 0.3) is 11.0 Å². The van der Waals surface area contributed by atoms with Crippen molar-refractivity contribution in [1.29, 1.82) is 0 Å². The van der Waals surface area contributed by atoms with Crippen molar-refractivity contribution in [1.82, 2.24) is 0 Å². The van der Waals surface area contributed by atoms with Crippen LogP contribution in [0.4, 0.5) is 0 Å². The first kappa shape index (κ1) is 16.2. The summed E-state index contributed by atoms with van der Waals surface area (Å²) in [6.45, 7) is 2.54. The number of hydrogen-bond acceptors (Lipinski definition) is 5. The number of phenolic OH excluding ortho intramolecular Hbond substituents is 1. The molecular formula is C17H22O5. The summed E-state index contributed by atoms with van der Waals surface area (Å²) >= 11 is 0. The Morgan fingerprint density at radius 2 is 1.82 bits per heavy atom. The highest BCUT2D eigenvalue weighted by Gasteiger charge is 2.15. The van der Waals surface area contributed by atoms with Crippen LogP contribution in [0.3, 0.4) is 0 Å². The molecule has 0 atom stereocenters. The van der Waals surface area contributed by atoms with E-state index in [0.29, 0.717) is 12.0 Å². The first-order valence-electron chi connectivity index (χ1n) is 7.75.